The van der Waals surface area contributed by atoms with Crippen molar-refractivity contribution in [2.45, 2.75) is 44.7 Å². The van der Waals surface area contributed by atoms with Crippen LogP contribution in [0.25, 0.3) is 0 Å². The maximum atomic E-state index is 10.8. The first-order valence-corrected chi connectivity index (χ1v) is 8.76. The van der Waals surface area contributed by atoms with E-state index in [2.05, 4.69) is 13.5 Å². The molecule has 0 saturated carbocycles. The molecule has 4 nitrogen and oxygen atoms in total. The molecule has 0 saturated heterocycles. The number of hydrogen-bond acceptors (Lipinski definition) is 4. The van der Waals surface area contributed by atoms with E-state index >= 15 is 0 Å². The zero-order valence-corrected chi connectivity index (χ0v) is 12.9. The minimum atomic E-state index is -1.96. The maximum absolute atomic E-state index is 10.8. The van der Waals surface area contributed by atoms with Gasteiger partial charge in [0, 0.05) is 20.3 Å². The summed E-state index contributed by atoms with van der Waals surface area (Å²) in [6.45, 7) is 5.96. The van der Waals surface area contributed by atoms with E-state index in [1.165, 1.54) is 6.08 Å². The smallest absolute Gasteiger partial charge is 0.337 e. The SMILES string of the molecule is C=CC(=O)OCCCCC[Si](CCC)(OC)OC. The van der Waals surface area contributed by atoms with Crippen molar-refractivity contribution in [3.8, 4) is 0 Å². The van der Waals surface area contributed by atoms with Gasteiger partial charge in [-0.1, -0.05) is 32.8 Å². The highest BCUT2D eigenvalue weighted by Gasteiger charge is 2.33. The summed E-state index contributed by atoms with van der Waals surface area (Å²) in [6, 6.07) is 2.04. The van der Waals surface area contributed by atoms with E-state index in [1.54, 1.807) is 14.2 Å². The molecule has 0 rings (SSSR count). The van der Waals surface area contributed by atoms with Crippen LogP contribution >= 0.6 is 0 Å². The van der Waals surface area contributed by atoms with Gasteiger partial charge in [0.25, 0.3) is 0 Å². The molecule has 0 spiro atoms. The second-order valence-electron chi connectivity index (χ2n) is 4.25. The predicted octanol–water partition coefficient (Wildman–Crippen LogP) is 3.03. The lowest BCUT2D eigenvalue weighted by atomic mass is 10.3. The first-order valence-electron chi connectivity index (χ1n) is 6.53. The summed E-state index contributed by atoms with van der Waals surface area (Å²) in [7, 11) is 1.54. The average Bonchev–Trinajstić information content (AvgIpc) is 2.41. The average molecular weight is 274 g/mol. The molecule has 0 fully saturated rings. The standard InChI is InChI=1S/C13H26O4Si/c1-5-11-18(15-3,16-4)12-9-7-8-10-17-13(14)6-2/h6H,2,5,7-12H2,1,3-4H3. The fourth-order valence-electron chi connectivity index (χ4n) is 1.90. The zero-order valence-electron chi connectivity index (χ0n) is 11.9. The Balaban J connectivity index is 3.73. The van der Waals surface area contributed by atoms with E-state index < -0.39 is 8.56 Å². The third-order valence-corrected chi connectivity index (χ3v) is 6.85. The van der Waals surface area contributed by atoms with Gasteiger partial charge < -0.3 is 13.6 Å². The Morgan fingerprint density at radius 1 is 1.17 bits per heavy atom. The second-order valence-corrected chi connectivity index (χ2v) is 7.89. The molecule has 0 heterocycles. The molecule has 0 amide bonds. The number of esters is 1. The van der Waals surface area contributed by atoms with E-state index in [-0.39, 0.29) is 5.97 Å². The van der Waals surface area contributed by atoms with Gasteiger partial charge in [0.05, 0.1) is 6.61 Å². The van der Waals surface area contributed by atoms with Crippen molar-refractivity contribution in [3.63, 3.8) is 0 Å². The first kappa shape index (κ1) is 17.3. The first-order chi connectivity index (χ1) is 8.64. The largest absolute Gasteiger partial charge is 0.463 e. The van der Waals surface area contributed by atoms with Gasteiger partial charge in [-0.15, -0.1) is 0 Å². The van der Waals surface area contributed by atoms with Crippen LogP contribution in [0.2, 0.25) is 12.1 Å². The lowest BCUT2D eigenvalue weighted by Gasteiger charge is -2.26. The molecule has 0 bridgehead atoms. The molecule has 0 aromatic carbocycles. The van der Waals surface area contributed by atoms with Crippen molar-refractivity contribution in [3.05, 3.63) is 12.7 Å². The van der Waals surface area contributed by atoms with Crippen LogP contribution in [0.15, 0.2) is 12.7 Å². The Hall–Kier alpha value is -0.653. The molecule has 0 atom stereocenters. The van der Waals surface area contributed by atoms with E-state index in [0.717, 1.165) is 37.8 Å². The van der Waals surface area contributed by atoms with Crippen LogP contribution in [-0.4, -0.2) is 35.4 Å². The highest BCUT2D eigenvalue weighted by atomic mass is 28.4. The Morgan fingerprint density at radius 3 is 2.33 bits per heavy atom. The zero-order chi connectivity index (χ0) is 13.9. The summed E-state index contributed by atoms with van der Waals surface area (Å²) in [5, 5.41) is 0. The molecule has 0 unspecified atom stereocenters. The van der Waals surface area contributed by atoms with Crippen molar-refractivity contribution >= 4 is 14.5 Å². The third-order valence-electron chi connectivity index (χ3n) is 2.99. The van der Waals surface area contributed by atoms with Crippen LogP contribution < -0.4 is 0 Å². The normalized spacial score (nSPS) is 11.3. The van der Waals surface area contributed by atoms with E-state index in [9.17, 15) is 4.79 Å². The van der Waals surface area contributed by atoms with Crippen LogP contribution in [0.4, 0.5) is 0 Å². The summed E-state index contributed by atoms with van der Waals surface area (Å²) in [5.41, 5.74) is 0. The molecule has 106 valence electrons. The van der Waals surface area contributed by atoms with Gasteiger partial charge in [-0.25, -0.2) is 4.79 Å². The summed E-state index contributed by atoms with van der Waals surface area (Å²) >= 11 is 0. The van der Waals surface area contributed by atoms with Crippen molar-refractivity contribution in [2.75, 3.05) is 20.8 Å². The number of carbonyl (C=O) groups is 1. The summed E-state index contributed by atoms with van der Waals surface area (Å²) in [4.78, 5) is 10.8. The van der Waals surface area contributed by atoms with E-state index in [4.69, 9.17) is 13.6 Å². The third kappa shape index (κ3) is 6.93. The van der Waals surface area contributed by atoms with Crippen LogP contribution in [0.5, 0.6) is 0 Å². The van der Waals surface area contributed by atoms with Gasteiger partial charge in [-0.3, -0.25) is 0 Å². The Bertz CT molecular complexity index is 239. The van der Waals surface area contributed by atoms with Crippen molar-refractivity contribution in [2.24, 2.45) is 0 Å². The monoisotopic (exact) mass is 274 g/mol. The molecule has 0 N–H and O–H groups in total. The molecule has 0 aromatic heterocycles. The maximum Gasteiger partial charge on any atom is 0.337 e. The van der Waals surface area contributed by atoms with Gasteiger partial charge in [-0.2, -0.15) is 0 Å². The van der Waals surface area contributed by atoms with Gasteiger partial charge in [0.2, 0.25) is 0 Å². The molecular formula is C13H26O4Si. The molecule has 0 radical (unpaired) electrons. The Kier molecular flexibility index (Phi) is 9.91. The second kappa shape index (κ2) is 10.3. The lowest BCUT2D eigenvalue weighted by Crippen LogP contribution is -2.39. The molecule has 0 aliphatic heterocycles. The molecular weight excluding hydrogens is 248 g/mol. The topological polar surface area (TPSA) is 44.8 Å². The molecule has 18 heavy (non-hydrogen) atoms. The van der Waals surface area contributed by atoms with Crippen LogP contribution in [0.3, 0.4) is 0 Å². The number of unbranched alkanes of at least 4 members (excludes halogenated alkanes) is 2. The van der Waals surface area contributed by atoms with Crippen molar-refractivity contribution in [1.82, 2.24) is 0 Å². The van der Waals surface area contributed by atoms with Crippen LogP contribution in [-0.2, 0) is 18.4 Å². The fourth-order valence-corrected chi connectivity index (χ4v) is 4.69. The van der Waals surface area contributed by atoms with Crippen LogP contribution in [0.1, 0.15) is 32.6 Å². The Labute approximate surface area is 112 Å². The summed E-state index contributed by atoms with van der Waals surface area (Å²) < 4.78 is 16.1. The minimum absolute atomic E-state index is 0.349. The molecule has 0 aliphatic rings. The van der Waals surface area contributed by atoms with Gasteiger partial charge in [0.1, 0.15) is 0 Å². The minimum Gasteiger partial charge on any atom is -0.463 e. The van der Waals surface area contributed by atoms with Crippen molar-refractivity contribution in [1.29, 1.82) is 0 Å². The predicted molar refractivity (Wildman–Crippen MR) is 74.7 cm³/mol. The van der Waals surface area contributed by atoms with E-state index in [0.29, 0.717) is 6.61 Å². The molecule has 5 heteroatoms. The molecule has 0 aliphatic carbocycles. The van der Waals surface area contributed by atoms with E-state index in [1.807, 2.05) is 0 Å². The number of hydrogen-bond donors (Lipinski definition) is 0. The van der Waals surface area contributed by atoms with Gasteiger partial charge in [-0.05, 0) is 18.5 Å². The summed E-state index contributed by atoms with van der Waals surface area (Å²) in [6.07, 6.45) is 5.23. The van der Waals surface area contributed by atoms with Gasteiger partial charge >= 0.3 is 14.5 Å². The quantitative estimate of drug-likeness (QED) is 0.251. The molecule has 0 aromatic rings. The summed E-state index contributed by atoms with van der Waals surface area (Å²) in [5.74, 6) is -0.349. The number of rotatable bonds is 11. The Morgan fingerprint density at radius 2 is 1.83 bits per heavy atom. The van der Waals surface area contributed by atoms with Gasteiger partial charge in [0.15, 0.2) is 0 Å². The highest BCUT2D eigenvalue weighted by Crippen LogP contribution is 2.22. The fraction of sp³-hybridized carbons (Fsp3) is 0.769. The number of carbonyl (C=O) groups excluding carboxylic acids is 1. The number of ether oxygens (including phenoxy) is 1. The van der Waals surface area contributed by atoms with Crippen molar-refractivity contribution < 1.29 is 18.4 Å². The van der Waals surface area contributed by atoms with Crippen LogP contribution in [0, 0.1) is 0 Å². The lowest BCUT2D eigenvalue weighted by molar-refractivity contribution is -0.137. The highest BCUT2D eigenvalue weighted by molar-refractivity contribution is 6.67.